The van der Waals surface area contributed by atoms with Crippen molar-refractivity contribution in [1.82, 2.24) is 19.6 Å². The van der Waals surface area contributed by atoms with E-state index < -0.39 is 0 Å². The lowest BCUT2D eigenvalue weighted by molar-refractivity contribution is 0.995. The Hall–Kier alpha value is -1.82. The van der Waals surface area contributed by atoms with E-state index in [0.29, 0.717) is 23.0 Å². The van der Waals surface area contributed by atoms with E-state index in [1.165, 1.54) is 10.7 Å². The lowest BCUT2D eigenvalue weighted by Crippen LogP contribution is -2.10. The second-order valence-corrected chi connectivity index (χ2v) is 3.44. The zero-order chi connectivity index (χ0) is 10.8. The van der Waals surface area contributed by atoms with Gasteiger partial charge in [0, 0.05) is 11.1 Å². The number of fused-ring (bicyclic) bond motifs is 1. The van der Waals surface area contributed by atoms with Crippen LogP contribution in [0.3, 0.4) is 0 Å². The Balaban J connectivity index is 2.31. The van der Waals surface area contributed by atoms with Crippen molar-refractivity contribution in [3.63, 3.8) is 0 Å². The summed E-state index contributed by atoms with van der Waals surface area (Å²) in [6.45, 7) is 3.95. The van der Waals surface area contributed by atoms with Crippen molar-refractivity contribution in [3.8, 4) is 0 Å². The highest BCUT2D eigenvalue weighted by Gasteiger charge is 2.01. The zero-order valence-electron chi connectivity index (χ0n) is 7.70. The second-order valence-electron chi connectivity index (χ2n) is 2.90. The summed E-state index contributed by atoms with van der Waals surface area (Å²) in [7, 11) is 0. The minimum absolute atomic E-state index is 0.314. The molecule has 2 aromatic heterocycles. The van der Waals surface area contributed by atoms with E-state index in [9.17, 15) is 4.79 Å². The third-order valence-electron chi connectivity index (χ3n) is 1.77. The van der Waals surface area contributed by atoms with Gasteiger partial charge in [0.25, 0.3) is 0 Å². The van der Waals surface area contributed by atoms with Crippen LogP contribution in [-0.4, -0.2) is 26.1 Å². The molecule has 6 nitrogen and oxygen atoms in total. The van der Waals surface area contributed by atoms with Crippen LogP contribution in [0, 0.1) is 0 Å². The first-order valence-corrected chi connectivity index (χ1v) is 4.54. The summed E-state index contributed by atoms with van der Waals surface area (Å²) in [6, 6.07) is 1.64. The summed E-state index contributed by atoms with van der Waals surface area (Å²) in [5.41, 5.74) is 0.184. The Morgan fingerprint density at radius 1 is 1.73 bits per heavy atom. The average Bonchev–Trinajstić information content (AvgIpc) is 2.57. The fourth-order valence-electron chi connectivity index (χ4n) is 1.09. The number of H-pyrrole nitrogens is 1. The highest BCUT2D eigenvalue weighted by Crippen LogP contribution is 2.05. The molecule has 0 aliphatic heterocycles. The van der Waals surface area contributed by atoms with Crippen LogP contribution in [-0.2, 0) is 0 Å². The Morgan fingerprint density at radius 2 is 2.53 bits per heavy atom. The van der Waals surface area contributed by atoms with Crippen LogP contribution in [0.4, 0.5) is 5.82 Å². The standard InChI is InChI=1S/C8H8ClN5O/c1-5(9)3-10-6-2-7-12-13-8(15)14(7)4-11-6/h2,4,10H,1,3H2,(H,13,15). The van der Waals surface area contributed by atoms with E-state index in [-0.39, 0.29) is 5.69 Å². The summed E-state index contributed by atoms with van der Waals surface area (Å²) in [6.07, 6.45) is 1.39. The Morgan fingerprint density at radius 3 is 3.27 bits per heavy atom. The van der Waals surface area contributed by atoms with Gasteiger partial charge in [-0.15, -0.1) is 0 Å². The van der Waals surface area contributed by atoms with E-state index >= 15 is 0 Å². The van der Waals surface area contributed by atoms with Gasteiger partial charge in [-0.1, -0.05) is 18.2 Å². The van der Waals surface area contributed by atoms with E-state index in [0.717, 1.165) is 0 Å². The number of aromatic nitrogens is 4. The monoisotopic (exact) mass is 225 g/mol. The van der Waals surface area contributed by atoms with Crippen molar-refractivity contribution in [2.24, 2.45) is 0 Å². The van der Waals surface area contributed by atoms with E-state index in [1.807, 2.05) is 0 Å². The number of nitrogens with zero attached hydrogens (tertiary/aromatic N) is 3. The molecule has 2 rings (SSSR count). The van der Waals surface area contributed by atoms with Gasteiger partial charge >= 0.3 is 5.69 Å². The molecule has 0 saturated carbocycles. The van der Waals surface area contributed by atoms with Crippen LogP contribution >= 0.6 is 11.6 Å². The van der Waals surface area contributed by atoms with Crippen LogP contribution in [0.5, 0.6) is 0 Å². The molecule has 7 heteroatoms. The SMILES string of the molecule is C=C(Cl)CNc1cc2n[nH]c(=O)n2cn1. The highest BCUT2D eigenvalue weighted by atomic mass is 35.5. The summed E-state index contributed by atoms with van der Waals surface area (Å²) in [5, 5.41) is 9.53. The van der Waals surface area contributed by atoms with Crippen molar-refractivity contribution >= 4 is 23.1 Å². The molecule has 2 heterocycles. The molecule has 78 valence electrons. The molecule has 2 N–H and O–H groups in total. The topological polar surface area (TPSA) is 75.1 Å². The predicted molar refractivity (Wildman–Crippen MR) is 57.1 cm³/mol. The molecule has 0 bridgehead atoms. The maximum absolute atomic E-state index is 11.1. The van der Waals surface area contributed by atoms with Crippen molar-refractivity contribution in [3.05, 3.63) is 34.5 Å². The first-order valence-electron chi connectivity index (χ1n) is 4.17. The number of nitrogens with one attached hydrogen (secondary N) is 2. The fraction of sp³-hybridized carbons (Fsp3) is 0.125. The largest absolute Gasteiger partial charge is 0.365 e. The van der Waals surface area contributed by atoms with Crippen LogP contribution < -0.4 is 11.0 Å². The molecular formula is C8H8ClN5O. The van der Waals surface area contributed by atoms with Gasteiger partial charge in [0.05, 0.1) is 6.54 Å². The summed E-state index contributed by atoms with van der Waals surface area (Å²) >= 11 is 5.59. The Bertz CT molecular complexity index is 557. The lowest BCUT2D eigenvalue weighted by Gasteiger charge is -2.02. The molecule has 0 unspecified atom stereocenters. The number of aromatic amines is 1. The van der Waals surface area contributed by atoms with E-state index in [2.05, 4.69) is 27.1 Å². The molecule has 15 heavy (non-hydrogen) atoms. The van der Waals surface area contributed by atoms with Crippen molar-refractivity contribution in [2.75, 3.05) is 11.9 Å². The van der Waals surface area contributed by atoms with Crippen LogP contribution in [0.25, 0.3) is 5.65 Å². The maximum atomic E-state index is 11.1. The first-order chi connectivity index (χ1) is 7.16. The minimum Gasteiger partial charge on any atom is -0.365 e. The molecule has 0 aromatic carbocycles. The number of halogens is 1. The number of hydrogen-bond donors (Lipinski definition) is 2. The van der Waals surface area contributed by atoms with Crippen molar-refractivity contribution in [2.45, 2.75) is 0 Å². The molecular weight excluding hydrogens is 218 g/mol. The number of rotatable bonds is 3. The van der Waals surface area contributed by atoms with Gasteiger partial charge in [-0.3, -0.25) is 0 Å². The van der Waals surface area contributed by atoms with Gasteiger partial charge in [-0.25, -0.2) is 19.3 Å². The van der Waals surface area contributed by atoms with Crippen molar-refractivity contribution < 1.29 is 0 Å². The Kier molecular flexibility index (Phi) is 2.42. The smallest absolute Gasteiger partial charge is 0.348 e. The fourth-order valence-corrected chi connectivity index (χ4v) is 1.16. The highest BCUT2D eigenvalue weighted by molar-refractivity contribution is 6.29. The molecule has 0 amide bonds. The van der Waals surface area contributed by atoms with Gasteiger partial charge in [-0.05, 0) is 0 Å². The average molecular weight is 226 g/mol. The van der Waals surface area contributed by atoms with Gasteiger partial charge in [0.15, 0.2) is 5.65 Å². The molecule has 0 radical (unpaired) electrons. The minimum atomic E-state index is -0.314. The molecule has 0 aliphatic rings. The van der Waals surface area contributed by atoms with E-state index in [1.54, 1.807) is 6.07 Å². The summed E-state index contributed by atoms with van der Waals surface area (Å²) in [5.74, 6) is 0.586. The summed E-state index contributed by atoms with van der Waals surface area (Å²) < 4.78 is 1.31. The second kappa shape index (κ2) is 3.74. The van der Waals surface area contributed by atoms with Gasteiger partial charge in [0.2, 0.25) is 0 Å². The predicted octanol–water partition coefficient (Wildman–Crippen LogP) is 0.582. The normalized spacial score (nSPS) is 10.5. The molecule has 0 saturated heterocycles. The van der Waals surface area contributed by atoms with Gasteiger partial charge in [0.1, 0.15) is 12.1 Å². The summed E-state index contributed by atoms with van der Waals surface area (Å²) in [4.78, 5) is 15.1. The first kappa shape index (κ1) is 9.72. The van der Waals surface area contributed by atoms with Gasteiger partial charge < -0.3 is 5.32 Å². The van der Waals surface area contributed by atoms with E-state index in [4.69, 9.17) is 11.6 Å². The molecule has 0 aliphatic carbocycles. The van der Waals surface area contributed by atoms with Crippen LogP contribution in [0.1, 0.15) is 0 Å². The number of anilines is 1. The zero-order valence-corrected chi connectivity index (χ0v) is 8.45. The van der Waals surface area contributed by atoms with Gasteiger partial charge in [-0.2, -0.15) is 5.10 Å². The molecule has 0 spiro atoms. The Labute approximate surface area is 89.6 Å². The lowest BCUT2D eigenvalue weighted by atomic mass is 10.5. The van der Waals surface area contributed by atoms with Crippen molar-refractivity contribution in [1.29, 1.82) is 0 Å². The third kappa shape index (κ3) is 1.99. The molecule has 0 fully saturated rings. The van der Waals surface area contributed by atoms with Crippen LogP contribution in [0.15, 0.2) is 28.8 Å². The quantitative estimate of drug-likeness (QED) is 0.802. The van der Waals surface area contributed by atoms with Crippen LogP contribution in [0.2, 0.25) is 0 Å². The molecule has 0 atom stereocenters. The molecule has 2 aromatic rings. The number of hydrogen-bond acceptors (Lipinski definition) is 4. The maximum Gasteiger partial charge on any atom is 0.348 e. The third-order valence-corrected chi connectivity index (χ3v) is 1.90.